The van der Waals surface area contributed by atoms with Crippen LogP contribution >= 0.6 is 11.6 Å². The van der Waals surface area contributed by atoms with Crippen molar-refractivity contribution in [2.24, 2.45) is 0 Å². The Morgan fingerprint density at radius 1 is 1.26 bits per heavy atom. The molecule has 1 N–H and O–H groups in total. The van der Waals surface area contributed by atoms with Gasteiger partial charge in [-0.05, 0) is 51.3 Å². The first-order valence-corrected chi connectivity index (χ1v) is 9.03. The van der Waals surface area contributed by atoms with Crippen molar-refractivity contribution in [1.82, 2.24) is 4.90 Å². The van der Waals surface area contributed by atoms with Crippen molar-refractivity contribution in [3.05, 3.63) is 28.8 Å². The number of ether oxygens (including phenoxy) is 1. The number of nitrogens with one attached hydrogen (secondary N) is 1. The van der Waals surface area contributed by atoms with Crippen LogP contribution in [0.25, 0.3) is 0 Å². The van der Waals surface area contributed by atoms with Crippen LogP contribution in [0.5, 0.6) is 0 Å². The number of carbonyl (C=O) groups is 2. The molecule has 27 heavy (non-hydrogen) atoms. The Balaban J connectivity index is 2.14. The summed E-state index contributed by atoms with van der Waals surface area (Å²) in [6, 6.07) is 4.48. The lowest BCUT2D eigenvalue weighted by Gasteiger charge is -2.39. The van der Waals surface area contributed by atoms with Crippen LogP contribution in [0.3, 0.4) is 0 Å². The molecule has 1 aliphatic heterocycles. The number of halogens is 4. The molecule has 5 nitrogen and oxygen atoms in total. The van der Waals surface area contributed by atoms with Gasteiger partial charge < -0.3 is 15.0 Å². The minimum absolute atomic E-state index is 0.0407. The lowest BCUT2D eigenvalue weighted by atomic mass is 9.96. The van der Waals surface area contributed by atoms with Gasteiger partial charge in [-0.3, -0.25) is 9.59 Å². The number of piperidine rings is 1. The van der Waals surface area contributed by atoms with Gasteiger partial charge in [0.15, 0.2) is 0 Å². The maximum atomic E-state index is 13.1. The molecule has 2 unspecified atom stereocenters. The lowest BCUT2D eigenvalue weighted by Crippen LogP contribution is -2.47. The molecule has 1 aliphatic rings. The molecule has 0 aliphatic carbocycles. The Labute approximate surface area is 160 Å². The maximum Gasteiger partial charge on any atom is 0.411 e. The van der Waals surface area contributed by atoms with E-state index in [9.17, 15) is 22.8 Å². The fraction of sp³-hybridized carbons (Fsp3) is 0.556. The smallest absolute Gasteiger partial charge is 0.362 e. The number of benzene rings is 1. The largest absolute Gasteiger partial charge is 0.411 e. The van der Waals surface area contributed by atoms with Crippen LogP contribution in [0.1, 0.15) is 43.5 Å². The van der Waals surface area contributed by atoms with Crippen LogP contribution in [0.4, 0.5) is 18.9 Å². The summed E-state index contributed by atoms with van der Waals surface area (Å²) in [6.07, 6.45) is -1.72. The van der Waals surface area contributed by atoms with Crippen LogP contribution in [-0.4, -0.2) is 48.2 Å². The SMILES string of the molecule is CC1CCCC(C)N1C(=O)c1cc(Cl)ccc1NC(=O)COCC(F)(F)F. The molecule has 1 aromatic rings. The zero-order chi connectivity index (χ0) is 20.2. The Bertz CT molecular complexity index is 687. The van der Waals surface area contributed by atoms with Crippen LogP contribution in [0.15, 0.2) is 18.2 Å². The predicted octanol–water partition coefficient (Wildman–Crippen LogP) is 4.26. The molecule has 2 rings (SSSR count). The molecule has 1 saturated heterocycles. The number of alkyl halides is 3. The van der Waals surface area contributed by atoms with Crippen molar-refractivity contribution in [3.63, 3.8) is 0 Å². The fourth-order valence-corrected chi connectivity index (χ4v) is 3.38. The molecule has 1 heterocycles. The van der Waals surface area contributed by atoms with Crippen LogP contribution in [0.2, 0.25) is 5.02 Å². The zero-order valence-electron chi connectivity index (χ0n) is 15.1. The highest BCUT2D eigenvalue weighted by Crippen LogP contribution is 2.28. The monoisotopic (exact) mass is 406 g/mol. The van der Waals surface area contributed by atoms with Gasteiger partial charge in [-0.15, -0.1) is 0 Å². The zero-order valence-corrected chi connectivity index (χ0v) is 15.9. The molecule has 150 valence electrons. The third-order valence-corrected chi connectivity index (χ3v) is 4.65. The van der Waals surface area contributed by atoms with E-state index in [1.807, 2.05) is 13.8 Å². The molecule has 2 atom stereocenters. The van der Waals surface area contributed by atoms with Gasteiger partial charge in [0.25, 0.3) is 5.91 Å². The second-order valence-corrected chi connectivity index (χ2v) is 7.12. The highest BCUT2D eigenvalue weighted by atomic mass is 35.5. The number of hydrogen-bond donors (Lipinski definition) is 1. The number of anilines is 1. The third-order valence-electron chi connectivity index (χ3n) is 4.41. The maximum absolute atomic E-state index is 13.1. The number of nitrogens with zero attached hydrogens (tertiary/aromatic N) is 1. The lowest BCUT2D eigenvalue weighted by molar-refractivity contribution is -0.174. The van der Waals surface area contributed by atoms with Crippen molar-refractivity contribution in [2.45, 2.75) is 51.4 Å². The van der Waals surface area contributed by atoms with Gasteiger partial charge >= 0.3 is 6.18 Å². The van der Waals surface area contributed by atoms with Gasteiger partial charge in [-0.25, -0.2) is 0 Å². The van der Waals surface area contributed by atoms with Crippen LogP contribution < -0.4 is 5.32 Å². The average molecular weight is 407 g/mol. The minimum atomic E-state index is -4.51. The molecular weight excluding hydrogens is 385 g/mol. The number of carbonyl (C=O) groups excluding carboxylic acids is 2. The average Bonchev–Trinajstić information content (AvgIpc) is 2.55. The highest BCUT2D eigenvalue weighted by Gasteiger charge is 2.31. The number of likely N-dealkylation sites (tertiary alicyclic amines) is 1. The molecule has 0 radical (unpaired) electrons. The van der Waals surface area contributed by atoms with E-state index in [0.717, 1.165) is 19.3 Å². The highest BCUT2D eigenvalue weighted by molar-refractivity contribution is 6.31. The first-order valence-electron chi connectivity index (χ1n) is 8.65. The summed E-state index contributed by atoms with van der Waals surface area (Å²) in [5.74, 6) is -1.06. The van der Waals surface area contributed by atoms with Gasteiger partial charge in [0.05, 0.1) is 11.3 Å². The number of hydrogen-bond acceptors (Lipinski definition) is 3. The summed E-state index contributed by atoms with van der Waals surface area (Å²) in [6.45, 7) is 1.63. The molecule has 0 saturated carbocycles. The van der Waals surface area contributed by atoms with Gasteiger partial charge in [-0.1, -0.05) is 11.6 Å². The molecule has 9 heteroatoms. The van der Waals surface area contributed by atoms with Gasteiger partial charge in [-0.2, -0.15) is 13.2 Å². The first-order chi connectivity index (χ1) is 12.6. The Kier molecular flexibility index (Phi) is 7.11. The molecule has 0 spiro atoms. The van der Waals surface area contributed by atoms with Crippen molar-refractivity contribution in [3.8, 4) is 0 Å². The third kappa shape index (κ3) is 6.10. The second-order valence-electron chi connectivity index (χ2n) is 6.69. The first kappa shape index (κ1) is 21.5. The molecule has 1 aromatic carbocycles. The van der Waals surface area contributed by atoms with Gasteiger partial charge in [0.2, 0.25) is 5.91 Å². The number of amides is 2. The van der Waals surface area contributed by atoms with Crippen LogP contribution in [0, 0.1) is 0 Å². The van der Waals surface area contributed by atoms with E-state index in [4.69, 9.17) is 11.6 Å². The van der Waals surface area contributed by atoms with Crippen LogP contribution in [-0.2, 0) is 9.53 Å². The molecule has 0 bridgehead atoms. The standard InChI is InChI=1S/C18H22ClF3N2O3/c1-11-4-3-5-12(2)24(11)17(26)14-8-13(19)6-7-15(14)23-16(25)9-27-10-18(20,21)22/h6-8,11-12H,3-5,9-10H2,1-2H3,(H,23,25). The van der Waals surface area contributed by atoms with E-state index < -0.39 is 25.3 Å². The molecule has 2 amide bonds. The van der Waals surface area contributed by atoms with E-state index in [1.165, 1.54) is 18.2 Å². The van der Waals surface area contributed by atoms with Crippen molar-refractivity contribution >= 4 is 29.1 Å². The Morgan fingerprint density at radius 3 is 2.48 bits per heavy atom. The number of rotatable bonds is 5. The summed E-state index contributed by atoms with van der Waals surface area (Å²) in [7, 11) is 0. The van der Waals surface area contributed by atoms with E-state index >= 15 is 0 Å². The second kappa shape index (κ2) is 8.93. The molecular formula is C18H22ClF3N2O3. The predicted molar refractivity (Wildman–Crippen MR) is 95.9 cm³/mol. The van der Waals surface area contributed by atoms with Gasteiger partial charge in [0, 0.05) is 17.1 Å². The van der Waals surface area contributed by atoms with Gasteiger partial charge in [0.1, 0.15) is 13.2 Å². The molecule has 0 aromatic heterocycles. The topological polar surface area (TPSA) is 58.6 Å². The summed E-state index contributed by atoms with van der Waals surface area (Å²) in [4.78, 5) is 26.7. The van der Waals surface area contributed by atoms with Crippen molar-refractivity contribution in [2.75, 3.05) is 18.5 Å². The van der Waals surface area contributed by atoms with Crippen molar-refractivity contribution < 1.29 is 27.5 Å². The quantitative estimate of drug-likeness (QED) is 0.794. The summed E-state index contributed by atoms with van der Waals surface area (Å²) in [5.41, 5.74) is 0.391. The summed E-state index contributed by atoms with van der Waals surface area (Å²) >= 11 is 6.01. The summed E-state index contributed by atoms with van der Waals surface area (Å²) < 4.78 is 40.7. The van der Waals surface area contributed by atoms with Crippen molar-refractivity contribution in [1.29, 1.82) is 0 Å². The normalized spacial score (nSPS) is 20.4. The van der Waals surface area contributed by atoms with E-state index in [-0.39, 0.29) is 29.2 Å². The molecule has 1 fully saturated rings. The van der Waals surface area contributed by atoms with E-state index in [1.54, 1.807) is 4.90 Å². The summed E-state index contributed by atoms with van der Waals surface area (Å²) in [5, 5.41) is 2.76. The van der Waals surface area contributed by atoms with E-state index in [0.29, 0.717) is 5.02 Å². The van der Waals surface area contributed by atoms with E-state index in [2.05, 4.69) is 10.1 Å². The minimum Gasteiger partial charge on any atom is -0.362 e. The fourth-order valence-electron chi connectivity index (χ4n) is 3.21. The Hall–Kier alpha value is -1.80. The Morgan fingerprint density at radius 2 is 1.89 bits per heavy atom.